The Balaban J connectivity index is 1.84. The zero-order chi connectivity index (χ0) is 18.3. The zero-order valence-electron chi connectivity index (χ0n) is 14.0. The molecule has 1 N–H and O–H groups in total. The van der Waals surface area contributed by atoms with E-state index in [4.69, 9.17) is 23.2 Å². The molecule has 1 aliphatic rings. The fourth-order valence-electron chi connectivity index (χ4n) is 3.30. The quantitative estimate of drug-likeness (QED) is 0.595. The molecule has 0 saturated carbocycles. The molecular weight excluding hydrogens is 367 g/mol. The van der Waals surface area contributed by atoms with Gasteiger partial charge >= 0.3 is 0 Å². The molecule has 0 aromatic heterocycles. The molecule has 0 fully saturated rings. The van der Waals surface area contributed by atoms with E-state index in [9.17, 15) is 4.79 Å². The number of carbonyl (C=O) groups is 1. The fraction of sp³-hybridized carbons (Fsp3) is 0.0952. The van der Waals surface area contributed by atoms with Gasteiger partial charge in [0.25, 0.3) is 5.91 Å². The van der Waals surface area contributed by atoms with E-state index in [0.717, 1.165) is 16.8 Å². The maximum atomic E-state index is 13.1. The van der Waals surface area contributed by atoms with Gasteiger partial charge in [-0.3, -0.25) is 9.69 Å². The Morgan fingerprint density at radius 1 is 0.962 bits per heavy atom. The largest absolute Gasteiger partial charge is 0.360 e. The molecule has 0 saturated heterocycles. The van der Waals surface area contributed by atoms with E-state index in [-0.39, 0.29) is 12.1 Å². The molecule has 4 rings (SSSR count). The molecule has 3 aromatic carbocycles. The van der Waals surface area contributed by atoms with Crippen molar-refractivity contribution in [1.82, 2.24) is 0 Å². The van der Waals surface area contributed by atoms with Gasteiger partial charge in [-0.2, -0.15) is 0 Å². The lowest BCUT2D eigenvalue weighted by Gasteiger charge is -2.28. The number of hydrogen-bond acceptors (Lipinski definition) is 2. The maximum absolute atomic E-state index is 13.1. The second-order valence-corrected chi connectivity index (χ2v) is 7.06. The summed E-state index contributed by atoms with van der Waals surface area (Å²) in [5.74, 6) is -0.0365. The number of anilines is 2. The number of aryl methyl sites for hydroxylation is 1. The molecule has 0 bridgehead atoms. The number of rotatable bonds is 3. The monoisotopic (exact) mass is 382 g/mol. The molecule has 26 heavy (non-hydrogen) atoms. The van der Waals surface area contributed by atoms with Crippen molar-refractivity contribution in [2.75, 3.05) is 10.2 Å². The molecule has 3 aromatic rings. The summed E-state index contributed by atoms with van der Waals surface area (Å²) in [6.07, 6.45) is -0.365. The molecule has 0 aliphatic carbocycles. The summed E-state index contributed by atoms with van der Waals surface area (Å²) >= 11 is 12.5. The number of nitrogens with zero attached hydrogens (tertiary/aromatic N) is 1. The van der Waals surface area contributed by atoms with E-state index < -0.39 is 0 Å². The normalized spacial score (nSPS) is 15.9. The topological polar surface area (TPSA) is 32.3 Å². The van der Waals surface area contributed by atoms with Crippen LogP contribution >= 0.6 is 23.2 Å². The van der Waals surface area contributed by atoms with E-state index in [2.05, 4.69) is 5.32 Å². The van der Waals surface area contributed by atoms with Crippen LogP contribution in [0.3, 0.4) is 0 Å². The number of benzene rings is 3. The molecule has 0 spiro atoms. The van der Waals surface area contributed by atoms with Crippen LogP contribution in [0.2, 0.25) is 10.0 Å². The van der Waals surface area contributed by atoms with E-state index in [1.807, 2.05) is 55.5 Å². The van der Waals surface area contributed by atoms with Crippen LogP contribution in [-0.2, 0) is 0 Å². The Morgan fingerprint density at radius 3 is 2.50 bits per heavy atom. The fourth-order valence-corrected chi connectivity index (χ4v) is 3.64. The lowest BCUT2D eigenvalue weighted by atomic mass is 10.1. The lowest BCUT2D eigenvalue weighted by Crippen LogP contribution is -2.32. The molecule has 1 atom stereocenters. The third-order valence-corrected chi connectivity index (χ3v) is 5.12. The molecule has 0 unspecified atom stereocenters. The minimum absolute atomic E-state index is 0.0365. The Kier molecular flexibility index (Phi) is 4.35. The van der Waals surface area contributed by atoms with Crippen molar-refractivity contribution in [2.45, 2.75) is 13.1 Å². The number of halogens is 2. The maximum Gasteiger partial charge on any atom is 0.260 e. The summed E-state index contributed by atoms with van der Waals surface area (Å²) in [4.78, 5) is 14.9. The van der Waals surface area contributed by atoms with Gasteiger partial charge in [-0.15, -0.1) is 0 Å². The highest BCUT2D eigenvalue weighted by Crippen LogP contribution is 2.40. The van der Waals surface area contributed by atoms with Gasteiger partial charge in [0.15, 0.2) is 0 Å². The average Bonchev–Trinajstić information content (AvgIpc) is 2.91. The molecule has 1 amide bonds. The van der Waals surface area contributed by atoms with Gasteiger partial charge < -0.3 is 5.32 Å². The third kappa shape index (κ3) is 2.83. The number of amides is 1. The predicted octanol–water partition coefficient (Wildman–Crippen LogP) is 6.07. The van der Waals surface area contributed by atoms with Crippen LogP contribution < -0.4 is 10.2 Å². The highest BCUT2D eigenvalue weighted by Gasteiger charge is 2.38. The van der Waals surface area contributed by atoms with Crippen molar-refractivity contribution in [3.8, 4) is 0 Å². The van der Waals surface area contributed by atoms with Gasteiger partial charge in [-0.25, -0.2) is 0 Å². The van der Waals surface area contributed by atoms with E-state index in [1.54, 1.807) is 23.1 Å². The van der Waals surface area contributed by atoms with E-state index in [1.165, 1.54) is 0 Å². The molecule has 0 radical (unpaired) electrons. The Bertz CT molecular complexity index is 1000. The molecule has 130 valence electrons. The summed E-state index contributed by atoms with van der Waals surface area (Å²) < 4.78 is 0. The SMILES string of the molecule is Cc1ccccc1N1C(=O)c2ccccc2[C@@H]1Nc1cc(Cl)ccc1Cl. The second-order valence-electron chi connectivity index (χ2n) is 6.22. The highest BCUT2D eigenvalue weighted by molar-refractivity contribution is 6.35. The van der Waals surface area contributed by atoms with Crippen LogP contribution in [0.1, 0.15) is 27.7 Å². The Morgan fingerprint density at radius 2 is 1.69 bits per heavy atom. The third-order valence-electron chi connectivity index (χ3n) is 4.56. The van der Waals surface area contributed by atoms with Gasteiger partial charge in [0.1, 0.15) is 6.17 Å². The molecular formula is C21H16Cl2N2O. The van der Waals surface area contributed by atoms with Gasteiger partial charge in [0.2, 0.25) is 0 Å². The van der Waals surface area contributed by atoms with Crippen molar-refractivity contribution in [1.29, 1.82) is 0 Å². The van der Waals surface area contributed by atoms with Crippen molar-refractivity contribution in [3.05, 3.63) is 93.5 Å². The highest BCUT2D eigenvalue weighted by atomic mass is 35.5. The number of fused-ring (bicyclic) bond motifs is 1. The number of nitrogens with one attached hydrogen (secondary N) is 1. The van der Waals surface area contributed by atoms with Crippen LogP contribution in [0.5, 0.6) is 0 Å². The van der Waals surface area contributed by atoms with Crippen LogP contribution in [0, 0.1) is 6.92 Å². The molecule has 1 aliphatic heterocycles. The summed E-state index contributed by atoms with van der Waals surface area (Å²) in [5.41, 5.74) is 4.18. The van der Waals surface area contributed by atoms with Crippen molar-refractivity contribution < 1.29 is 4.79 Å². The number of para-hydroxylation sites is 1. The van der Waals surface area contributed by atoms with Crippen LogP contribution in [0.25, 0.3) is 0 Å². The molecule has 5 heteroatoms. The first kappa shape index (κ1) is 17.0. The van der Waals surface area contributed by atoms with Crippen molar-refractivity contribution in [3.63, 3.8) is 0 Å². The molecule has 3 nitrogen and oxygen atoms in total. The smallest absolute Gasteiger partial charge is 0.260 e. The van der Waals surface area contributed by atoms with Gasteiger partial charge in [0.05, 0.1) is 10.7 Å². The summed E-state index contributed by atoms with van der Waals surface area (Å²) in [7, 11) is 0. The Labute approximate surface area is 162 Å². The van der Waals surface area contributed by atoms with E-state index >= 15 is 0 Å². The lowest BCUT2D eigenvalue weighted by molar-refractivity contribution is 0.0993. The number of hydrogen-bond donors (Lipinski definition) is 1. The first-order valence-electron chi connectivity index (χ1n) is 8.26. The van der Waals surface area contributed by atoms with Crippen LogP contribution in [-0.4, -0.2) is 5.91 Å². The van der Waals surface area contributed by atoms with Crippen LogP contribution in [0.15, 0.2) is 66.7 Å². The van der Waals surface area contributed by atoms with Crippen LogP contribution in [0.4, 0.5) is 11.4 Å². The zero-order valence-corrected chi connectivity index (χ0v) is 15.6. The second kappa shape index (κ2) is 6.67. The number of carbonyl (C=O) groups excluding carboxylic acids is 1. The standard InChI is InChI=1S/C21H16Cl2N2O/c1-13-6-2-5-9-19(13)25-20(15-7-3-4-8-16(15)21(25)26)24-18-12-14(22)10-11-17(18)23/h2-12,20,24H,1H3/t20-/m1/s1. The summed E-state index contributed by atoms with van der Waals surface area (Å²) in [6, 6.07) is 20.7. The van der Waals surface area contributed by atoms with Gasteiger partial charge in [0, 0.05) is 21.8 Å². The predicted molar refractivity (Wildman–Crippen MR) is 107 cm³/mol. The first-order chi connectivity index (χ1) is 12.6. The summed E-state index contributed by atoms with van der Waals surface area (Å²) in [5, 5.41) is 4.53. The summed E-state index contributed by atoms with van der Waals surface area (Å²) in [6.45, 7) is 2.00. The van der Waals surface area contributed by atoms with Crippen molar-refractivity contribution in [2.24, 2.45) is 0 Å². The average molecular weight is 383 g/mol. The van der Waals surface area contributed by atoms with Gasteiger partial charge in [-0.1, -0.05) is 59.6 Å². The molecule has 1 heterocycles. The first-order valence-corrected chi connectivity index (χ1v) is 9.01. The minimum atomic E-state index is -0.365. The van der Waals surface area contributed by atoms with E-state index in [0.29, 0.717) is 21.3 Å². The minimum Gasteiger partial charge on any atom is -0.360 e. The van der Waals surface area contributed by atoms with Crippen molar-refractivity contribution >= 4 is 40.5 Å². The Hall–Kier alpha value is -2.49. The van der Waals surface area contributed by atoms with Gasteiger partial charge in [-0.05, 0) is 42.8 Å².